The first-order chi connectivity index (χ1) is 16.9. The molecule has 1 aromatic rings. The molecular weight excluding hydrogens is 546 g/mol. The molecule has 1 aromatic carbocycles. The highest BCUT2D eigenvalue weighted by molar-refractivity contribution is 8.00. The lowest BCUT2D eigenvalue weighted by molar-refractivity contribution is -0.897. The third-order valence-electron chi connectivity index (χ3n) is 6.41. The van der Waals surface area contributed by atoms with Gasteiger partial charge in [-0.2, -0.15) is 26.3 Å². The maximum Gasteiger partial charge on any atom is 0.502 e. The summed E-state index contributed by atoms with van der Waals surface area (Å²) in [6.07, 6.45) is 5.58. The van der Waals surface area contributed by atoms with Crippen molar-refractivity contribution >= 4 is 37.0 Å². The number of hydrogen-bond acceptors (Lipinski definition) is 5. The van der Waals surface area contributed by atoms with Crippen LogP contribution in [-0.4, -0.2) is 64.7 Å². The zero-order valence-electron chi connectivity index (χ0n) is 19.9. The average molecular weight is 572 g/mol. The molecule has 37 heavy (non-hydrogen) atoms. The number of likely N-dealkylation sites (tertiary alicyclic amines) is 1. The zero-order chi connectivity index (χ0) is 28.0. The first-order valence-electron chi connectivity index (χ1n) is 11.2. The van der Waals surface area contributed by atoms with E-state index in [0.717, 1.165) is 6.08 Å². The molecule has 6 nitrogen and oxygen atoms in total. The number of fused-ring (bicyclic) bond motifs is 3. The normalized spacial score (nSPS) is 19.5. The number of rotatable bonds is 4. The Hall–Kier alpha value is -2.45. The van der Waals surface area contributed by atoms with Crippen molar-refractivity contribution in [3.63, 3.8) is 0 Å². The Labute approximate surface area is 210 Å². The van der Waals surface area contributed by atoms with Crippen molar-refractivity contribution in [3.05, 3.63) is 56.9 Å². The van der Waals surface area contributed by atoms with E-state index in [-0.39, 0.29) is 22.8 Å². The summed E-state index contributed by atoms with van der Waals surface area (Å²) in [6.45, 7) is 6.52. The van der Waals surface area contributed by atoms with E-state index in [1.54, 1.807) is 0 Å². The van der Waals surface area contributed by atoms with E-state index in [4.69, 9.17) is 5.41 Å². The van der Waals surface area contributed by atoms with E-state index in [9.17, 15) is 43.2 Å². The van der Waals surface area contributed by atoms with E-state index in [0.29, 0.717) is 0 Å². The molecule has 0 unspecified atom stereocenters. The van der Waals surface area contributed by atoms with E-state index in [2.05, 4.69) is 14.0 Å². The van der Waals surface area contributed by atoms with Gasteiger partial charge in [-0.25, -0.2) is 16.8 Å². The quantitative estimate of drug-likeness (QED) is 0.397. The number of allylic oxidation sites excluding steroid dienone is 4. The predicted octanol–water partition coefficient (Wildman–Crippen LogP) is 5.22. The van der Waals surface area contributed by atoms with Gasteiger partial charge in [0.15, 0.2) is 0 Å². The van der Waals surface area contributed by atoms with Gasteiger partial charge in [-0.05, 0) is 35.3 Å². The summed E-state index contributed by atoms with van der Waals surface area (Å²) < 4.78 is 127. The Balaban J connectivity index is 0.000000356. The molecule has 0 aromatic heterocycles. The molecule has 0 atom stereocenters. The molecule has 14 heteroatoms. The molecule has 0 saturated carbocycles. The first-order valence-corrected chi connectivity index (χ1v) is 14.2. The molecule has 0 bridgehead atoms. The van der Waals surface area contributed by atoms with Crippen LogP contribution in [0.15, 0.2) is 45.7 Å². The van der Waals surface area contributed by atoms with Crippen molar-refractivity contribution in [2.45, 2.75) is 37.2 Å². The van der Waals surface area contributed by atoms with Gasteiger partial charge < -0.3 is 4.48 Å². The zero-order valence-corrected chi connectivity index (χ0v) is 21.5. The van der Waals surface area contributed by atoms with E-state index >= 15 is 0 Å². The largest absolute Gasteiger partial charge is 0.502 e. The van der Waals surface area contributed by atoms with Gasteiger partial charge >= 0.3 is 11.0 Å². The minimum Gasteiger partial charge on any atom is -0.326 e. The van der Waals surface area contributed by atoms with Crippen LogP contribution < -0.4 is 0 Å². The van der Waals surface area contributed by atoms with Crippen LogP contribution in [0.25, 0.3) is 11.6 Å². The number of nitrogens with one attached hydrogen (secondary N) is 1. The van der Waals surface area contributed by atoms with Crippen molar-refractivity contribution in [2.24, 2.45) is 0 Å². The second-order valence-corrected chi connectivity index (χ2v) is 13.0. The Kier molecular flexibility index (Phi) is 7.63. The highest BCUT2D eigenvalue weighted by atomic mass is 32.2. The van der Waals surface area contributed by atoms with Crippen LogP contribution in [0, 0.1) is 5.41 Å². The molecule has 1 saturated heterocycles. The standard InChI is InChI=1S/C15H7F6NO4S2.C8H18N/c16-14(17,18)27(23,24)11-6-9-8-4-2-1-3-7(8)5-10(9)12(22)13(11)28(25,26)15(19,20)21;1-3-6-9(2)7-4-5-8-9/h1-6,22H;3-8H2,1-2H3/q;+1. The topological polar surface area (TPSA) is 92.1 Å². The molecular formula is C23H25F6N2O4S2+. The van der Waals surface area contributed by atoms with Crippen molar-refractivity contribution in [3.8, 4) is 0 Å². The summed E-state index contributed by atoms with van der Waals surface area (Å²) in [5, 5.41) is 7.82. The third-order valence-corrected chi connectivity index (χ3v) is 9.62. The van der Waals surface area contributed by atoms with Crippen molar-refractivity contribution in [1.82, 2.24) is 0 Å². The van der Waals surface area contributed by atoms with Crippen molar-refractivity contribution in [1.29, 1.82) is 5.41 Å². The van der Waals surface area contributed by atoms with Crippen LogP contribution in [0.5, 0.6) is 0 Å². The van der Waals surface area contributed by atoms with E-state index in [1.807, 2.05) is 0 Å². The molecule has 2 aliphatic carbocycles. The lowest BCUT2D eigenvalue weighted by Gasteiger charge is -2.28. The maximum absolute atomic E-state index is 13.0. The molecule has 0 radical (unpaired) electrons. The summed E-state index contributed by atoms with van der Waals surface area (Å²) in [4.78, 5) is -4.38. The molecule has 4 rings (SSSR count). The van der Waals surface area contributed by atoms with Gasteiger partial charge in [-0.1, -0.05) is 31.2 Å². The second kappa shape index (κ2) is 9.70. The fourth-order valence-corrected chi connectivity index (χ4v) is 7.08. The predicted molar refractivity (Wildman–Crippen MR) is 127 cm³/mol. The molecule has 0 amide bonds. The highest BCUT2D eigenvalue weighted by Gasteiger charge is 2.57. The van der Waals surface area contributed by atoms with Crippen LogP contribution in [0.3, 0.4) is 0 Å². The lowest BCUT2D eigenvalue weighted by atomic mass is 9.95. The number of nitrogens with zero attached hydrogens (tertiary/aromatic N) is 1. The number of alkyl halides is 6. The third kappa shape index (κ3) is 5.28. The summed E-state index contributed by atoms with van der Waals surface area (Å²) in [6, 6.07) is 5.69. The SMILES string of the molecule is CCC[N+]1(C)CCCC1.N=C1C2=Cc3ccccc3C2=CC(S(=O)(=O)C(F)(F)F)=C1S(=O)(=O)C(F)(F)F. The molecule has 0 spiro atoms. The smallest absolute Gasteiger partial charge is 0.326 e. The van der Waals surface area contributed by atoms with Crippen LogP contribution >= 0.6 is 0 Å². The number of quaternary nitrogens is 1. The first kappa shape index (κ1) is 29.1. The molecule has 3 aliphatic rings. The van der Waals surface area contributed by atoms with Gasteiger partial charge in [0.2, 0.25) is 0 Å². The Bertz CT molecular complexity index is 1410. The van der Waals surface area contributed by atoms with E-state index in [1.165, 1.54) is 67.6 Å². The Morgan fingerprint density at radius 3 is 1.92 bits per heavy atom. The van der Waals surface area contributed by atoms with Gasteiger partial charge in [0.25, 0.3) is 19.7 Å². The fraction of sp³-hybridized carbons (Fsp3) is 0.435. The van der Waals surface area contributed by atoms with Gasteiger partial charge in [0, 0.05) is 18.4 Å². The lowest BCUT2D eigenvalue weighted by Crippen LogP contribution is -2.41. The Morgan fingerprint density at radius 2 is 1.41 bits per heavy atom. The van der Waals surface area contributed by atoms with Gasteiger partial charge in [-0.3, -0.25) is 5.41 Å². The number of benzene rings is 1. The van der Waals surface area contributed by atoms with Crippen LogP contribution in [-0.2, 0) is 19.7 Å². The van der Waals surface area contributed by atoms with Gasteiger partial charge in [-0.15, -0.1) is 0 Å². The van der Waals surface area contributed by atoms with Gasteiger partial charge in [0.1, 0.15) is 4.91 Å². The van der Waals surface area contributed by atoms with Crippen LogP contribution in [0.4, 0.5) is 26.3 Å². The van der Waals surface area contributed by atoms with Crippen LogP contribution in [0.1, 0.15) is 37.3 Å². The molecule has 204 valence electrons. The summed E-state index contributed by atoms with van der Waals surface area (Å²) in [5.41, 5.74) is -13.9. The van der Waals surface area contributed by atoms with Crippen molar-refractivity contribution < 1.29 is 47.7 Å². The average Bonchev–Trinajstić information content (AvgIpc) is 3.36. The van der Waals surface area contributed by atoms with Crippen molar-refractivity contribution in [2.75, 3.05) is 26.7 Å². The highest BCUT2D eigenvalue weighted by Crippen LogP contribution is 2.47. The molecule has 1 aliphatic heterocycles. The second-order valence-electron chi connectivity index (χ2n) is 9.17. The maximum atomic E-state index is 13.0. The summed E-state index contributed by atoms with van der Waals surface area (Å²) in [7, 11) is -10.7. The minimum atomic E-state index is -6.58. The molecule has 1 heterocycles. The number of hydrogen-bond donors (Lipinski definition) is 1. The van der Waals surface area contributed by atoms with E-state index < -0.39 is 51.8 Å². The fourth-order valence-electron chi connectivity index (χ4n) is 4.62. The summed E-state index contributed by atoms with van der Waals surface area (Å²) in [5.74, 6) is 0. The van der Waals surface area contributed by atoms with Gasteiger partial charge in [0.05, 0.1) is 37.3 Å². The Morgan fingerprint density at radius 1 is 0.865 bits per heavy atom. The summed E-state index contributed by atoms with van der Waals surface area (Å²) >= 11 is 0. The minimum absolute atomic E-state index is 0.153. The number of sulfone groups is 2. The molecule has 1 fully saturated rings. The molecule has 1 N–H and O–H groups in total. The monoisotopic (exact) mass is 571 g/mol. The van der Waals surface area contributed by atoms with Crippen LogP contribution in [0.2, 0.25) is 0 Å². The number of halogens is 6.